The number of nitrogens with zero attached hydrogens (tertiary/aromatic N) is 4. The zero-order valence-electron chi connectivity index (χ0n) is 18.6. The van der Waals surface area contributed by atoms with Gasteiger partial charge < -0.3 is 14.2 Å². The van der Waals surface area contributed by atoms with Crippen molar-refractivity contribution in [3.05, 3.63) is 59.4 Å². The number of benzene rings is 2. The summed E-state index contributed by atoms with van der Waals surface area (Å²) in [6, 6.07) is 14.8. The molecule has 0 aliphatic carbocycles. The van der Waals surface area contributed by atoms with Crippen LogP contribution >= 0.6 is 0 Å². The lowest BCUT2D eigenvalue weighted by Crippen LogP contribution is -2.44. The Morgan fingerprint density at radius 1 is 0.900 bits per heavy atom. The van der Waals surface area contributed by atoms with Crippen LogP contribution in [0.5, 0.6) is 5.75 Å². The lowest BCUT2D eigenvalue weighted by atomic mass is 10.1. The lowest BCUT2D eigenvalue weighted by Gasteiger charge is -2.32. The zero-order valence-corrected chi connectivity index (χ0v) is 18.6. The molecular formula is C25H34N4O. The third-order valence-corrected chi connectivity index (χ3v) is 6.13. The summed E-state index contributed by atoms with van der Waals surface area (Å²) in [7, 11) is 2.20. The Labute approximate surface area is 180 Å². The second kappa shape index (κ2) is 9.63. The highest BCUT2D eigenvalue weighted by Crippen LogP contribution is 2.23. The van der Waals surface area contributed by atoms with Gasteiger partial charge in [-0.25, -0.2) is 4.98 Å². The predicted octanol–water partition coefficient (Wildman–Crippen LogP) is 4.26. The molecular weight excluding hydrogens is 372 g/mol. The van der Waals surface area contributed by atoms with Gasteiger partial charge in [0.2, 0.25) is 0 Å². The first-order valence-corrected chi connectivity index (χ1v) is 11.2. The van der Waals surface area contributed by atoms with Crippen molar-refractivity contribution >= 4 is 11.0 Å². The van der Waals surface area contributed by atoms with Crippen LogP contribution in [0.1, 0.15) is 29.8 Å². The standard InChI is InChI=1S/C25H34N4O/c1-20-9-8-10-21(2)25(20)30-18-7-6-13-29-23-12-5-4-11-22(23)26-24(29)19-28-16-14-27(3)15-17-28/h4-5,8-12H,6-7,13-19H2,1-3H3. The van der Waals surface area contributed by atoms with E-state index in [1.807, 2.05) is 0 Å². The highest BCUT2D eigenvalue weighted by atomic mass is 16.5. The summed E-state index contributed by atoms with van der Waals surface area (Å²) >= 11 is 0. The maximum Gasteiger partial charge on any atom is 0.125 e. The monoisotopic (exact) mass is 406 g/mol. The molecule has 0 N–H and O–H groups in total. The average Bonchev–Trinajstić information content (AvgIpc) is 3.08. The highest BCUT2D eigenvalue weighted by molar-refractivity contribution is 5.75. The molecule has 1 fully saturated rings. The van der Waals surface area contributed by atoms with Gasteiger partial charge in [0.05, 0.1) is 24.2 Å². The van der Waals surface area contributed by atoms with E-state index in [1.165, 1.54) is 22.5 Å². The Balaban J connectivity index is 1.38. The van der Waals surface area contributed by atoms with Crippen LogP contribution in [0.4, 0.5) is 0 Å². The van der Waals surface area contributed by atoms with E-state index in [1.54, 1.807) is 0 Å². The van der Waals surface area contributed by atoms with Crippen molar-refractivity contribution in [2.45, 2.75) is 39.8 Å². The van der Waals surface area contributed by atoms with Crippen LogP contribution in [0, 0.1) is 13.8 Å². The fourth-order valence-electron chi connectivity index (χ4n) is 4.27. The number of rotatable bonds is 8. The van der Waals surface area contributed by atoms with E-state index < -0.39 is 0 Å². The molecule has 2 heterocycles. The largest absolute Gasteiger partial charge is 0.493 e. The van der Waals surface area contributed by atoms with Crippen LogP contribution in [0.3, 0.4) is 0 Å². The molecule has 160 valence electrons. The number of piperazine rings is 1. The van der Waals surface area contributed by atoms with Crippen molar-refractivity contribution in [3.8, 4) is 5.75 Å². The Morgan fingerprint density at radius 2 is 1.63 bits per heavy atom. The van der Waals surface area contributed by atoms with E-state index in [0.717, 1.165) is 70.0 Å². The van der Waals surface area contributed by atoms with Gasteiger partial charge in [-0.15, -0.1) is 0 Å². The molecule has 0 saturated carbocycles. The van der Waals surface area contributed by atoms with E-state index in [-0.39, 0.29) is 0 Å². The van der Waals surface area contributed by atoms with Gasteiger partial charge in [0, 0.05) is 32.7 Å². The van der Waals surface area contributed by atoms with E-state index in [0.29, 0.717) is 0 Å². The molecule has 3 aromatic rings. The molecule has 1 aliphatic heterocycles. The number of para-hydroxylation sites is 3. The number of fused-ring (bicyclic) bond motifs is 1. The number of ether oxygens (including phenoxy) is 1. The van der Waals surface area contributed by atoms with Crippen LogP contribution < -0.4 is 4.74 Å². The second-order valence-electron chi connectivity index (χ2n) is 8.52. The number of hydrogen-bond acceptors (Lipinski definition) is 4. The SMILES string of the molecule is Cc1cccc(C)c1OCCCCn1c(CN2CCN(C)CC2)nc2ccccc21. The van der Waals surface area contributed by atoms with Gasteiger partial charge in [-0.1, -0.05) is 30.3 Å². The molecule has 0 atom stereocenters. The second-order valence-corrected chi connectivity index (χ2v) is 8.52. The van der Waals surface area contributed by atoms with Crippen molar-refractivity contribution in [3.63, 3.8) is 0 Å². The molecule has 0 unspecified atom stereocenters. The van der Waals surface area contributed by atoms with Crippen molar-refractivity contribution < 1.29 is 4.74 Å². The summed E-state index contributed by atoms with van der Waals surface area (Å²) in [4.78, 5) is 9.90. The molecule has 1 aliphatic rings. The first kappa shape index (κ1) is 20.9. The van der Waals surface area contributed by atoms with Crippen LogP contribution in [-0.4, -0.2) is 59.2 Å². The number of aromatic nitrogens is 2. The first-order valence-electron chi connectivity index (χ1n) is 11.2. The quantitative estimate of drug-likeness (QED) is 0.524. The van der Waals surface area contributed by atoms with Gasteiger partial charge in [0.15, 0.2) is 0 Å². The summed E-state index contributed by atoms with van der Waals surface area (Å²) in [5.41, 5.74) is 4.78. The molecule has 4 rings (SSSR count). The van der Waals surface area contributed by atoms with Gasteiger partial charge in [-0.3, -0.25) is 4.90 Å². The van der Waals surface area contributed by atoms with Crippen LogP contribution in [0.15, 0.2) is 42.5 Å². The molecule has 0 spiro atoms. The molecule has 0 radical (unpaired) electrons. The van der Waals surface area contributed by atoms with E-state index in [9.17, 15) is 0 Å². The normalized spacial score (nSPS) is 15.7. The average molecular weight is 407 g/mol. The number of unbranched alkanes of at least 4 members (excludes halogenated alkanes) is 1. The van der Waals surface area contributed by atoms with Gasteiger partial charge >= 0.3 is 0 Å². The fourth-order valence-corrected chi connectivity index (χ4v) is 4.27. The van der Waals surface area contributed by atoms with Gasteiger partial charge in [0.25, 0.3) is 0 Å². The number of likely N-dealkylation sites (N-methyl/N-ethyl adjacent to an activating group) is 1. The van der Waals surface area contributed by atoms with E-state index in [4.69, 9.17) is 9.72 Å². The molecule has 2 aromatic carbocycles. The maximum absolute atomic E-state index is 6.10. The minimum Gasteiger partial charge on any atom is -0.493 e. The predicted molar refractivity (Wildman–Crippen MR) is 123 cm³/mol. The van der Waals surface area contributed by atoms with E-state index in [2.05, 4.69) is 77.7 Å². The first-order chi connectivity index (χ1) is 14.6. The molecule has 1 saturated heterocycles. The van der Waals surface area contributed by atoms with Gasteiger partial charge in [-0.05, 0) is 57.0 Å². The van der Waals surface area contributed by atoms with Crippen LogP contribution in [-0.2, 0) is 13.1 Å². The van der Waals surface area contributed by atoms with Gasteiger partial charge in [0.1, 0.15) is 11.6 Å². The number of imidazole rings is 1. The minimum absolute atomic E-state index is 0.756. The van der Waals surface area contributed by atoms with Crippen LogP contribution in [0.2, 0.25) is 0 Å². The highest BCUT2D eigenvalue weighted by Gasteiger charge is 2.18. The summed E-state index contributed by atoms with van der Waals surface area (Å²) < 4.78 is 8.52. The molecule has 5 nitrogen and oxygen atoms in total. The maximum atomic E-state index is 6.10. The Hall–Kier alpha value is -2.37. The van der Waals surface area contributed by atoms with E-state index >= 15 is 0 Å². The summed E-state index contributed by atoms with van der Waals surface area (Å²) in [5.74, 6) is 2.23. The number of hydrogen-bond donors (Lipinski definition) is 0. The van der Waals surface area contributed by atoms with Crippen molar-refractivity contribution in [1.82, 2.24) is 19.4 Å². The van der Waals surface area contributed by atoms with Crippen molar-refractivity contribution in [1.29, 1.82) is 0 Å². The fraction of sp³-hybridized carbons (Fsp3) is 0.480. The number of aryl methyl sites for hydroxylation is 3. The molecule has 0 amide bonds. The summed E-state index contributed by atoms with van der Waals surface area (Å²) in [6.07, 6.45) is 2.12. The Morgan fingerprint density at radius 3 is 2.40 bits per heavy atom. The lowest BCUT2D eigenvalue weighted by molar-refractivity contribution is 0.144. The summed E-state index contributed by atoms with van der Waals surface area (Å²) in [6.45, 7) is 11.4. The third-order valence-electron chi connectivity index (χ3n) is 6.13. The molecule has 1 aromatic heterocycles. The summed E-state index contributed by atoms with van der Waals surface area (Å²) in [5, 5.41) is 0. The molecule has 30 heavy (non-hydrogen) atoms. The molecule has 5 heteroatoms. The van der Waals surface area contributed by atoms with Crippen LogP contribution in [0.25, 0.3) is 11.0 Å². The zero-order chi connectivity index (χ0) is 20.9. The van der Waals surface area contributed by atoms with Crippen molar-refractivity contribution in [2.75, 3.05) is 39.8 Å². The Kier molecular flexibility index (Phi) is 6.70. The van der Waals surface area contributed by atoms with Gasteiger partial charge in [-0.2, -0.15) is 0 Å². The third kappa shape index (κ3) is 4.85. The smallest absolute Gasteiger partial charge is 0.125 e. The van der Waals surface area contributed by atoms with Crippen molar-refractivity contribution in [2.24, 2.45) is 0 Å². The minimum atomic E-state index is 0.756. The molecule has 0 bridgehead atoms. The topological polar surface area (TPSA) is 33.5 Å². The Bertz CT molecular complexity index is 952.